The number of rotatable bonds is 3. The number of aliphatic hydroxyl groups is 1. The molecule has 1 N–H and O–H groups in total. The summed E-state index contributed by atoms with van der Waals surface area (Å²) in [5.74, 6) is -0.598. The molecule has 4 rings (SSSR count). The van der Waals surface area contributed by atoms with Crippen LogP contribution in [0, 0.1) is 5.82 Å². The van der Waals surface area contributed by atoms with Crippen molar-refractivity contribution in [2.24, 2.45) is 0 Å². The van der Waals surface area contributed by atoms with Crippen molar-refractivity contribution in [3.63, 3.8) is 0 Å². The summed E-state index contributed by atoms with van der Waals surface area (Å²) in [5, 5.41) is 10.4. The molecule has 1 fully saturated rings. The maximum atomic E-state index is 13.4. The molecule has 5 nitrogen and oxygen atoms in total. The Morgan fingerprint density at radius 2 is 1.78 bits per heavy atom. The molecule has 0 atom stereocenters. The van der Waals surface area contributed by atoms with Gasteiger partial charge in [-0.3, -0.25) is 4.98 Å². The average Bonchev–Trinajstić information content (AvgIpc) is 2.68. The minimum absolute atomic E-state index is 0.0341. The SMILES string of the molecule is O=S(=O)(c1cccc(F)c1)c1cnc2c(N3CCC(O)CC3)cccc2c1. The topological polar surface area (TPSA) is 70.5 Å². The quantitative estimate of drug-likeness (QED) is 0.749. The van der Waals surface area contributed by atoms with E-state index in [1.165, 1.54) is 24.4 Å². The lowest BCUT2D eigenvalue weighted by Gasteiger charge is -2.31. The molecule has 3 aromatic rings. The Labute approximate surface area is 157 Å². The molecule has 1 aliphatic rings. The molecule has 1 saturated heterocycles. The zero-order chi connectivity index (χ0) is 19.0. The molecule has 0 bridgehead atoms. The Morgan fingerprint density at radius 3 is 2.52 bits per heavy atom. The molecule has 0 radical (unpaired) electrons. The molecular weight excluding hydrogens is 367 g/mol. The molecule has 140 valence electrons. The third-order valence-electron chi connectivity index (χ3n) is 4.89. The van der Waals surface area contributed by atoms with Gasteiger partial charge in [0, 0.05) is 24.7 Å². The van der Waals surface area contributed by atoms with Gasteiger partial charge in [0.05, 0.1) is 27.1 Å². The van der Waals surface area contributed by atoms with Crippen molar-refractivity contribution in [1.82, 2.24) is 4.98 Å². The summed E-state index contributed by atoms with van der Waals surface area (Å²) < 4.78 is 39.1. The van der Waals surface area contributed by atoms with E-state index < -0.39 is 15.7 Å². The number of aliphatic hydroxyl groups excluding tert-OH is 1. The number of halogens is 1. The van der Waals surface area contributed by atoms with Crippen LogP contribution in [0.3, 0.4) is 0 Å². The summed E-state index contributed by atoms with van der Waals surface area (Å²) in [6.45, 7) is 1.45. The van der Waals surface area contributed by atoms with Crippen molar-refractivity contribution in [2.75, 3.05) is 18.0 Å². The molecule has 27 heavy (non-hydrogen) atoms. The second kappa shape index (κ2) is 6.90. The molecule has 1 aromatic heterocycles. The van der Waals surface area contributed by atoms with Crippen molar-refractivity contribution >= 4 is 26.4 Å². The van der Waals surface area contributed by atoms with Gasteiger partial charge >= 0.3 is 0 Å². The first-order valence-corrected chi connectivity index (χ1v) is 10.3. The van der Waals surface area contributed by atoms with E-state index in [0.717, 1.165) is 24.8 Å². The Bertz CT molecular complexity index is 1090. The first kappa shape index (κ1) is 17.9. The Morgan fingerprint density at radius 1 is 1.04 bits per heavy atom. The number of benzene rings is 2. The van der Waals surface area contributed by atoms with Crippen LogP contribution in [-0.2, 0) is 9.84 Å². The molecule has 0 amide bonds. The maximum Gasteiger partial charge on any atom is 0.208 e. The Hall–Kier alpha value is -2.51. The fourth-order valence-corrected chi connectivity index (χ4v) is 4.67. The van der Waals surface area contributed by atoms with Crippen LogP contribution >= 0.6 is 0 Å². The number of fused-ring (bicyclic) bond motifs is 1. The number of nitrogens with zero attached hydrogens (tertiary/aromatic N) is 2. The zero-order valence-corrected chi connectivity index (χ0v) is 15.4. The van der Waals surface area contributed by atoms with Gasteiger partial charge in [-0.15, -0.1) is 0 Å². The summed E-state index contributed by atoms with van der Waals surface area (Å²) in [6, 6.07) is 12.2. The van der Waals surface area contributed by atoms with E-state index in [1.807, 2.05) is 18.2 Å². The summed E-state index contributed by atoms with van der Waals surface area (Å²) in [6.07, 6.45) is 2.45. The van der Waals surface area contributed by atoms with E-state index in [2.05, 4.69) is 9.88 Å². The third kappa shape index (κ3) is 3.40. The number of para-hydroxylation sites is 1. The van der Waals surface area contributed by atoms with Crippen LogP contribution in [-0.4, -0.2) is 37.7 Å². The first-order valence-electron chi connectivity index (χ1n) is 8.77. The van der Waals surface area contributed by atoms with Gasteiger partial charge in [-0.05, 0) is 43.2 Å². The van der Waals surface area contributed by atoms with E-state index in [-0.39, 0.29) is 15.9 Å². The molecule has 1 aliphatic heterocycles. The van der Waals surface area contributed by atoms with Crippen molar-refractivity contribution in [3.8, 4) is 0 Å². The van der Waals surface area contributed by atoms with Gasteiger partial charge < -0.3 is 10.0 Å². The Kier molecular flexibility index (Phi) is 4.57. The second-order valence-corrected chi connectivity index (χ2v) is 8.65. The lowest BCUT2D eigenvalue weighted by molar-refractivity contribution is 0.145. The number of pyridine rings is 1. The van der Waals surface area contributed by atoms with Crippen molar-refractivity contribution < 1.29 is 17.9 Å². The summed E-state index contributed by atoms with van der Waals surface area (Å²) in [4.78, 5) is 6.51. The van der Waals surface area contributed by atoms with Crippen molar-refractivity contribution in [3.05, 3.63) is 60.5 Å². The number of sulfone groups is 1. The van der Waals surface area contributed by atoms with Crippen LogP contribution in [0.2, 0.25) is 0 Å². The van der Waals surface area contributed by atoms with Crippen LogP contribution < -0.4 is 4.90 Å². The number of piperidine rings is 1. The minimum Gasteiger partial charge on any atom is -0.393 e. The minimum atomic E-state index is -3.85. The molecule has 2 heterocycles. The largest absolute Gasteiger partial charge is 0.393 e. The highest BCUT2D eigenvalue weighted by Crippen LogP contribution is 2.30. The molecule has 2 aromatic carbocycles. The van der Waals surface area contributed by atoms with Crippen LogP contribution in [0.15, 0.2) is 64.5 Å². The van der Waals surface area contributed by atoms with E-state index >= 15 is 0 Å². The van der Waals surface area contributed by atoms with E-state index in [4.69, 9.17) is 0 Å². The predicted molar refractivity (Wildman–Crippen MR) is 101 cm³/mol. The predicted octanol–water partition coefficient (Wildman–Crippen LogP) is 3.17. The fourth-order valence-electron chi connectivity index (χ4n) is 3.40. The molecule has 0 unspecified atom stereocenters. The van der Waals surface area contributed by atoms with Gasteiger partial charge in [-0.2, -0.15) is 0 Å². The molecule has 0 spiro atoms. The standard InChI is InChI=1S/C20H19FN2O3S/c21-15-4-2-5-17(12-15)27(25,26)18-11-14-3-1-6-19(20(14)22-13-18)23-9-7-16(24)8-10-23/h1-6,11-13,16,24H,7-10H2. The van der Waals surface area contributed by atoms with Gasteiger partial charge in [0.25, 0.3) is 0 Å². The molecule has 0 aliphatic carbocycles. The van der Waals surface area contributed by atoms with Gasteiger partial charge in [-0.25, -0.2) is 12.8 Å². The monoisotopic (exact) mass is 386 g/mol. The molecule has 0 saturated carbocycles. The summed E-state index contributed by atoms with van der Waals surface area (Å²) in [5.41, 5.74) is 1.64. The number of aromatic nitrogens is 1. The van der Waals surface area contributed by atoms with E-state index in [0.29, 0.717) is 23.7 Å². The summed E-state index contributed by atoms with van der Waals surface area (Å²) in [7, 11) is -3.85. The average molecular weight is 386 g/mol. The first-order chi connectivity index (χ1) is 12.9. The van der Waals surface area contributed by atoms with Crippen LogP contribution in [0.25, 0.3) is 10.9 Å². The van der Waals surface area contributed by atoms with E-state index in [9.17, 15) is 17.9 Å². The van der Waals surface area contributed by atoms with Crippen molar-refractivity contribution in [2.45, 2.75) is 28.7 Å². The summed E-state index contributed by atoms with van der Waals surface area (Å²) >= 11 is 0. The van der Waals surface area contributed by atoms with Gasteiger partial charge in [0.15, 0.2) is 0 Å². The fraction of sp³-hybridized carbons (Fsp3) is 0.250. The Balaban J connectivity index is 1.75. The highest BCUT2D eigenvalue weighted by Gasteiger charge is 2.22. The number of hydrogen-bond acceptors (Lipinski definition) is 5. The van der Waals surface area contributed by atoms with Gasteiger partial charge in [0.1, 0.15) is 5.82 Å². The van der Waals surface area contributed by atoms with Crippen LogP contribution in [0.4, 0.5) is 10.1 Å². The number of hydrogen-bond donors (Lipinski definition) is 1. The van der Waals surface area contributed by atoms with Crippen LogP contribution in [0.5, 0.6) is 0 Å². The third-order valence-corrected chi connectivity index (χ3v) is 6.60. The van der Waals surface area contributed by atoms with Gasteiger partial charge in [-0.1, -0.05) is 18.2 Å². The lowest BCUT2D eigenvalue weighted by Crippen LogP contribution is -2.35. The molecule has 7 heteroatoms. The lowest BCUT2D eigenvalue weighted by atomic mass is 10.1. The zero-order valence-electron chi connectivity index (χ0n) is 14.5. The van der Waals surface area contributed by atoms with E-state index in [1.54, 1.807) is 6.07 Å². The maximum absolute atomic E-state index is 13.4. The number of anilines is 1. The highest BCUT2D eigenvalue weighted by molar-refractivity contribution is 7.91. The highest BCUT2D eigenvalue weighted by atomic mass is 32.2. The second-order valence-electron chi connectivity index (χ2n) is 6.70. The normalized spacial score (nSPS) is 16.0. The smallest absolute Gasteiger partial charge is 0.208 e. The van der Waals surface area contributed by atoms with Crippen LogP contribution in [0.1, 0.15) is 12.8 Å². The van der Waals surface area contributed by atoms with Gasteiger partial charge in [0.2, 0.25) is 9.84 Å². The molecular formula is C20H19FN2O3S. The van der Waals surface area contributed by atoms with Crippen molar-refractivity contribution in [1.29, 1.82) is 0 Å².